The van der Waals surface area contributed by atoms with Crippen LogP contribution in [0.1, 0.15) is 28.9 Å². The van der Waals surface area contributed by atoms with Gasteiger partial charge in [0, 0.05) is 11.1 Å². The first kappa shape index (κ1) is 15.7. The van der Waals surface area contributed by atoms with E-state index in [0.717, 1.165) is 28.7 Å². The summed E-state index contributed by atoms with van der Waals surface area (Å²) in [6.45, 7) is 2.07. The molecule has 0 amide bonds. The van der Waals surface area contributed by atoms with Crippen molar-refractivity contribution < 1.29 is 4.42 Å². The smallest absolute Gasteiger partial charge is 0.204 e. The van der Waals surface area contributed by atoms with E-state index in [1.165, 1.54) is 5.56 Å². The van der Waals surface area contributed by atoms with Gasteiger partial charge in [0.2, 0.25) is 5.82 Å². The third-order valence-electron chi connectivity index (χ3n) is 4.91. The Kier molecular flexibility index (Phi) is 3.50. The molecule has 2 aromatic carbocycles. The highest BCUT2D eigenvalue weighted by Crippen LogP contribution is 2.34. The highest BCUT2D eigenvalue weighted by molar-refractivity contribution is 5.88. The molecule has 0 aliphatic heterocycles. The van der Waals surface area contributed by atoms with Crippen molar-refractivity contribution in [2.75, 3.05) is 0 Å². The molecule has 2 aromatic heterocycles. The van der Waals surface area contributed by atoms with Crippen molar-refractivity contribution in [3.63, 3.8) is 0 Å². The third kappa shape index (κ3) is 2.66. The lowest BCUT2D eigenvalue weighted by Crippen LogP contribution is -2.08. The van der Waals surface area contributed by atoms with E-state index in [9.17, 15) is 4.79 Å². The Bertz CT molecular complexity index is 1250. The fourth-order valence-electron chi connectivity index (χ4n) is 3.62. The molecule has 0 fully saturated rings. The summed E-state index contributed by atoms with van der Waals surface area (Å²) in [6, 6.07) is 13.7. The van der Waals surface area contributed by atoms with Gasteiger partial charge in [-0.1, -0.05) is 29.8 Å². The summed E-state index contributed by atoms with van der Waals surface area (Å²) in [4.78, 5) is 13.0. The van der Waals surface area contributed by atoms with Gasteiger partial charge in [-0.3, -0.25) is 4.79 Å². The summed E-state index contributed by atoms with van der Waals surface area (Å²) in [7, 11) is 0. The molecule has 6 heteroatoms. The van der Waals surface area contributed by atoms with Crippen molar-refractivity contribution in [1.29, 1.82) is 0 Å². The molecule has 1 aliphatic rings. The van der Waals surface area contributed by atoms with Gasteiger partial charge in [0.25, 0.3) is 0 Å². The van der Waals surface area contributed by atoms with Gasteiger partial charge in [-0.2, -0.15) is 5.21 Å². The molecule has 5 rings (SSSR count). The first-order valence-corrected chi connectivity index (χ1v) is 8.80. The summed E-state index contributed by atoms with van der Waals surface area (Å²) in [6.07, 6.45) is 3.61. The van der Waals surface area contributed by atoms with Crippen molar-refractivity contribution in [3.8, 4) is 11.4 Å². The van der Waals surface area contributed by atoms with Crippen LogP contribution >= 0.6 is 0 Å². The maximum Gasteiger partial charge on any atom is 0.204 e. The zero-order valence-electron chi connectivity index (χ0n) is 14.7. The number of fused-ring (bicyclic) bond motifs is 2. The minimum atomic E-state index is 0.0178. The number of rotatable bonds is 2. The van der Waals surface area contributed by atoms with Crippen LogP contribution in [0.25, 0.3) is 34.0 Å². The number of nitrogens with zero attached hydrogens (tertiary/aromatic N) is 3. The van der Waals surface area contributed by atoms with Crippen LogP contribution in [0.2, 0.25) is 0 Å². The fourth-order valence-corrected chi connectivity index (χ4v) is 3.62. The molecule has 27 heavy (non-hydrogen) atoms. The van der Waals surface area contributed by atoms with Gasteiger partial charge in [0.1, 0.15) is 11.3 Å². The second-order valence-corrected chi connectivity index (χ2v) is 6.77. The van der Waals surface area contributed by atoms with Crippen LogP contribution in [-0.2, 0) is 6.42 Å². The minimum absolute atomic E-state index is 0.0178. The number of allylic oxidation sites excluding steroid dienone is 1. The lowest BCUT2D eigenvalue weighted by molar-refractivity contribution is 0.585. The van der Waals surface area contributed by atoms with E-state index in [2.05, 4.69) is 51.8 Å². The lowest BCUT2D eigenvalue weighted by Gasteiger charge is -2.05. The molecular formula is C21H16N4O2. The van der Waals surface area contributed by atoms with E-state index < -0.39 is 0 Å². The van der Waals surface area contributed by atoms with E-state index in [1.807, 2.05) is 12.1 Å². The number of aryl methyl sites for hydroxylation is 1. The van der Waals surface area contributed by atoms with Crippen molar-refractivity contribution in [3.05, 3.63) is 75.1 Å². The van der Waals surface area contributed by atoms with E-state index in [0.29, 0.717) is 29.0 Å². The Morgan fingerprint density at radius 3 is 2.89 bits per heavy atom. The molecule has 0 atom stereocenters. The van der Waals surface area contributed by atoms with Crippen molar-refractivity contribution in [2.24, 2.45) is 0 Å². The monoisotopic (exact) mass is 356 g/mol. The normalized spacial score (nSPS) is 14.8. The second kappa shape index (κ2) is 6.02. The minimum Gasteiger partial charge on any atom is -0.456 e. The van der Waals surface area contributed by atoms with Crippen molar-refractivity contribution >= 4 is 22.6 Å². The van der Waals surface area contributed by atoms with Gasteiger partial charge in [-0.05, 0) is 60.4 Å². The fraction of sp³-hybridized carbons (Fsp3) is 0.143. The number of nitrogens with one attached hydrogen (secondary N) is 1. The molecule has 0 unspecified atom stereocenters. The summed E-state index contributed by atoms with van der Waals surface area (Å²) in [5.74, 6) is 1.16. The van der Waals surface area contributed by atoms with Crippen LogP contribution in [0.5, 0.6) is 0 Å². The summed E-state index contributed by atoms with van der Waals surface area (Å²) >= 11 is 0. The highest BCUT2D eigenvalue weighted by Gasteiger charge is 2.24. The second-order valence-electron chi connectivity index (χ2n) is 6.77. The quantitative estimate of drug-likeness (QED) is 0.591. The molecular weight excluding hydrogens is 340 g/mol. The Labute approximate surface area is 154 Å². The molecule has 0 bridgehead atoms. The van der Waals surface area contributed by atoms with Gasteiger partial charge in [0.15, 0.2) is 5.43 Å². The van der Waals surface area contributed by atoms with E-state index in [1.54, 1.807) is 12.1 Å². The molecule has 6 nitrogen and oxygen atoms in total. The first-order chi connectivity index (χ1) is 13.2. The molecule has 132 valence electrons. The SMILES string of the molecule is Cc1cccc(/C=C2\CCc3c2oc2ccc(-c4nn[nH]n4)cc2c3=O)c1. The maximum absolute atomic E-state index is 13.0. The predicted molar refractivity (Wildman–Crippen MR) is 103 cm³/mol. The zero-order valence-corrected chi connectivity index (χ0v) is 14.7. The third-order valence-corrected chi connectivity index (χ3v) is 4.91. The maximum atomic E-state index is 13.0. The Balaban J connectivity index is 1.65. The van der Waals surface area contributed by atoms with Gasteiger partial charge >= 0.3 is 0 Å². The molecule has 0 spiro atoms. The van der Waals surface area contributed by atoms with Crippen LogP contribution in [0.4, 0.5) is 0 Å². The molecule has 0 saturated heterocycles. The lowest BCUT2D eigenvalue weighted by atomic mass is 10.1. The van der Waals surface area contributed by atoms with Crippen LogP contribution in [-0.4, -0.2) is 20.6 Å². The van der Waals surface area contributed by atoms with Crippen LogP contribution < -0.4 is 5.43 Å². The topological polar surface area (TPSA) is 84.7 Å². The zero-order chi connectivity index (χ0) is 18.4. The van der Waals surface area contributed by atoms with Gasteiger partial charge in [-0.25, -0.2) is 0 Å². The van der Waals surface area contributed by atoms with Gasteiger partial charge in [0.05, 0.1) is 5.39 Å². The number of benzene rings is 2. The molecule has 1 N–H and O–H groups in total. The molecule has 0 radical (unpaired) electrons. The largest absolute Gasteiger partial charge is 0.456 e. The van der Waals surface area contributed by atoms with E-state index >= 15 is 0 Å². The van der Waals surface area contributed by atoms with Crippen LogP contribution in [0, 0.1) is 6.92 Å². The number of aromatic nitrogens is 4. The number of hydrogen-bond donors (Lipinski definition) is 1. The van der Waals surface area contributed by atoms with Crippen LogP contribution in [0.15, 0.2) is 51.7 Å². The highest BCUT2D eigenvalue weighted by atomic mass is 16.3. The van der Waals surface area contributed by atoms with E-state index in [-0.39, 0.29) is 5.43 Å². The molecule has 1 aliphatic carbocycles. The Hall–Kier alpha value is -3.54. The molecule has 0 saturated carbocycles. The van der Waals surface area contributed by atoms with Crippen molar-refractivity contribution in [2.45, 2.75) is 19.8 Å². The van der Waals surface area contributed by atoms with E-state index in [4.69, 9.17) is 4.42 Å². The summed E-state index contributed by atoms with van der Waals surface area (Å²) < 4.78 is 6.14. The van der Waals surface area contributed by atoms with Gasteiger partial charge in [-0.15, -0.1) is 10.2 Å². The number of H-pyrrole nitrogens is 1. The first-order valence-electron chi connectivity index (χ1n) is 8.80. The average molecular weight is 356 g/mol. The summed E-state index contributed by atoms with van der Waals surface area (Å²) in [5, 5.41) is 14.5. The van der Waals surface area contributed by atoms with Gasteiger partial charge < -0.3 is 4.42 Å². The number of aromatic amines is 1. The number of tetrazole rings is 1. The van der Waals surface area contributed by atoms with Crippen LogP contribution in [0.3, 0.4) is 0 Å². The Morgan fingerprint density at radius 1 is 1.15 bits per heavy atom. The molecule has 4 aromatic rings. The Morgan fingerprint density at radius 2 is 2.07 bits per heavy atom. The number of hydrogen-bond acceptors (Lipinski definition) is 5. The summed E-state index contributed by atoms with van der Waals surface area (Å²) in [5.41, 5.74) is 5.46. The average Bonchev–Trinajstić information content (AvgIpc) is 3.33. The standard InChI is InChI=1S/C21H16N4O2/c1-12-3-2-4-13(9-12)10-14-5-7-16-19(26)17-11-15(21-22-24-25-23-21)6-8-18(17)27-20(14)16/h2-4,6,8-11H,5,7H2,1H3,(H,22,23,24,25)/b14-10+. The predicted octanol–water partition coefficient (Wildman–Crippen LogP) is 3.77. The van der Waals surface area contributed by atoms with Crippen molar-refractivity contribution in [1.82, 2.24) is 20.6 Å². The molecule has 2 heterocycles.